The van der Waals surface area contributed by atoms with Gasteiger partial charge in [0.1, 0.15) is 0 Å². The van der Waals surface area contributed by atoms with Crippen LogP contribution in [0.25, 0.3) is 10.9 Å². The number of hydrogen-bond acceptors (Lipinski definition) is 2. The fourth-order valence-corrected chi connectivity index (χ4v) is 1.78. The second kappa shape index (κ2) is 3.98. The Bertz CT molecular complexity index is 618. The van der Waals surface area contributed by atoms with Crippen molar-refractivity contribution in [3.8, 4) is 0 Å². The predicted octanol–water partition coefficient (Wildman–Crippen LogP) is 1.81. The van der Waals surface area contributed by atoms with Crippen molar-refractivity contribution in [1.82, 2.24) is 4.98 Å². The van der Waals surface area contributed by atoms with E-state index in [0.29, 0.717) is 15.9 Å². The van der Waals surface area contributed by atoms with Crippen LogP contribution in [0.5, 0.6) is 0 Å². The standard InChI is InChI=1S/C11H8ClNO3/c12-8-3-1-2-7-10(8)13-5-6(11(7)16)4-9(14)15/h1-3,5H,4H2,(H,13,16)(H,14,15). The number of fused-ring (bicyclic) bond motifs is 1. The highest BCUT2D eigenvalue weighted by Gasteiger charge is 2.09. The minimum Gasteiger partial charge on any atom is -0.481 e. The molecule has 0 amide bonds. The molecular formula is C11H8ClNO3. The number of hydrogen-bond donors (Lipinski definition) is 2. The molecule has 0 unspecified atom stereocenters. The summed E-state index contributed by atoms with van der Waals surface area (Å²) >= 11 is 5.90. The SMILES string of the molecule is O=C(O)Cc1c[nH]c2c(Cl)cccc2c1=O. The smallest absolute Gasteiger partial charge is 0.308 e. The molecule has 1 aromatic heterocycles. The Morgan fingerprint density at radius 3 is 2.88 bits per heavy atom. The number of benzene rings is 1. The van der Waals surface area contributed by atoms with Crippen LogP contribution in [0, 0.1) is 0 Å². The van der Waals surface area contributed by atoms with Crippen molar-refractivity contribution < 1.29 is 9.90 Å². The third-order valence-electron chi connectivity index (χ3n) is 2.28. The van der Waals surface area contributed by atoms with E-state index in [1.54, 1.807) is 18.2 Å². The van der Waals surface area contributed by atoms with E-state index in [1.807, 2.05) is 0 Å². The molecule has 2 N–H and O–H groups in total. The molecule has 0 saturated carbocycles. The van der Waals surface area contributed by atoms with Crippen molar-refractivity contribution in [3.63, 3.8) is 0 Å². The topological polar surface area (TPSA) is 70.2 Å². The van der Waals surface area contributed by atoms with Gasteiger partial charge in [0.05, 0.1) is 17.0 Å². The highest BCUT2D eigenvalue weighted by atomic mass is 35.5. The Balaban J connectivity index is 2.71. The normalized spacial score (nSPS) is 10.6. The lowest BCUT2D eigenvalue weighted by Gasteiger charge is -2.02. The zero-order valence-electron chi connectivity index (χ0n) is 8.16. The molecule has 82 valence electrons. The summed E-state index contributed by atoms with van der Waals surface area (Å²) in [5.41, 5.74) is 0.462. The van der Waals surface area contributed by atoms with Crippen LogP contribution in [-0.2, 0) is 11.2 Å². The number of rotatable bonds is 2. The summed E-state index contributed by atoms with van der Waals surface area (Å²) in [4.78, 5) is 25.3. The van der Waals surface area contributed by atoms with Gasteiger partial charge in [0.15, 0.2) is 5.43 Å². The summed E-state index contributed by atoms with van der Waals surface area (Å²) < 4.78 is 0. The molecule has 0 spiro atoms. The van der Waals surface area contributed by atoms with Gasteiger partial charge in [-0.05, 0) is 12.1 Å². The fourth-order valence-electron chi connectivity index (χ4n) is 1.55. The van der Waals surface area contributed by atoms with E-state index in [2.05, 4.69) is 4.98 Å². The lowest BCUT2D eigenvalue weighted by Crippen LogP contribution is -2.14. The molecule has 16 heavy (non-hydrogen) atoms. The molecule has 1 aromatic carbocycles. The number of carboxylic acids is 1. The molecule has 0 saturated heterocycles. The largest absolute Gasteiger partial charge is 0.481 e. The van der Waals surface area contributed by atoms with Crippen molar-refractivity contribution in [2.24, 2.45) is 0 Å². The van der Waals surface area contributed by atoms with Crippen LogP contribution < -0.4 is 5.43 Å². The summed E-state index contributed by atoms with van der Waals surface area (Å²) in [5, 5.41) is 9.49. The number of H-pyrrole nitrogens is 1. The van der Waals surface area contributed by atoms with Crippen molar-refractivity contribution in [2.75, 3.05) is 0 Å². The van der Waals surface area contributed by atoms with Gasteiger partial charge in [-0.15, -0.1) is 0 Å². The number of para-hydroxylation sites is 1. The predicted molar refractivity (Wildman–Crippen MR) is 60.9 cm³/mol. The molecule has 2 rings (SSSR count). The minimum absolute atomic E-state index is 0.224. The zero-order chi connectivity index (χ0) is 11.7. The van der Waals surface area contributed by atoms with Gasteiger partial charge in [-0.1, -0.05) is 17.7 Å². The van der Waals surface area contributed by atoms with Crippen molar-refractivity contribution >= 4 is 28.5 Å². The lowest BCUT2D eigenvalue weighted by atomic mass is 10.1. The Morgan fingerprint density at radius 1 is 1.44 bits per heavy atom. The molecule has 0 bridgehead atoms. The van der Waals surface area contributed by atoms with Crippen LogP contribution in [0.1, 0.15) is 5.56 Å². The molecule has 0 aliphatic heterocycles. The Morgan fingerprint density at radius 2 is 2.19 bits per heavy atom. The molecule has 0 fully saturated rings. The average Bonchev–Trinajstić information content (AvgIpc) is 2.23. The van der Waals surface area contributed by atoms with Crippen molar-refractivity contribution in [3.05, 3.63) is 45.2 Å². The first-order valence-electron chi connectivity index (χ1n) is 4.60. The molecule has 0 atom stereocenters. The van der Waals surface area contributed by atoms with Gasteiger partial charge >= 0.3 is 5.97 Å². The summed E-state index contributed by atoms with van der Waals surface area (Å²) in [6.45, 7) is 0. The van der Waals surface area contributed by atoms with E-state index in [9.17, 15) is 9.59 Å². The second-order valence-electron chi connectivity index (χ2n) is 3.38. The average molecular weight is 238 g/mol. The molecule has 5 heteroatoms. The Labute approximate surface area is 95.5 Å². The fraction of sp³-hybridized carbons (Fsp3) is 0.0909. The second-order valence-corrected chi connectivity index (χ2v) is 3.78. The quantitative estimate of drug-likeness (QED) is 0.837. The van der Waals surface area contributed by atoms with Crippen LogP contribution in [0.15, 0.2) is 29.2 Å². The minimum atomic E-state index is -1.04. The van der Waals surface area contributed by atoms with Crippen molar-refractivity contribution in [2.45, 2.75) is 6.42 Å². The van der Waals surface area contributed by atoms with Gasteiger partial charge in [0.25, 0.3) is 0 Å². The number of nitrogens with one attached hydrogen (secondary N) is 1. The summed E-state index contributed by atoms with van der Waals surface area (Å²) in [7, 11) is 0. The van der Waals surface area contributed by atoms with E-state index in [4.69, 9.17) is 16.7 Å². The monoisotopic (exact) mass is 237 g/mol. The molecule has 1 heterocycles. The molecule has 4 nitrogen and oxygen atoms in total. The number of aromatic amines is 1. The van der Waals surface area contributed by atoms with Crippen LogP contribution in [-0.4, -0.2) is 16.1 Å². The van der Waals surface area contributed by atoms with Gasteiger partial charge in [-0.2, -0.15) is 0 Å². The van der Waals surface area contributed by atoms with E-state index in [1.165, 1.54) is 6.20 Å². The first-order valence-corrected chi connectivity index (χ1v) is 4.98. The maximum absolute atomic E-state index is 11.9. The van der Waals surface area contributed by atoms with Gasteiger partial charge in [0.2, 0.25) is 0 Å². The van der Waals surface area contributed by atoms with Gasteiger partial charge in [-0.3, -0.25) is 9.59 Å². The number of pyridine rings is 1. The number of carbonyl (C=O) groups is 1. The molecule has 0 aliphatic carbocycles. The van der Waals surface area contributed by atoms with Crippen molar-refractivity contribution in [1.29, 1.82) is 0 Å². The van der Waals surface area contributed by atoms with E-state index in [-0.39, 0.29) is 17.4 Å². The third-order valence-corrected chi connectivity index (χ3v) is 2.60. The van der Waals surface area contributed by atoms with E-state index in [0.717, 1.165) is 0 Å². The zero-order valence-corrected chi connectivity index (χ0v) is 8.91. The third kappa shape index (κ3) is 1.79. The summed E-state index contributed by atoms with van der Waals surface area (Å²) in [5.74, 6) is -1.04. The Hall–Kier alpha value is -1.81. The van der Waals surface area contributed by atoms with Crippen LogP contribution >= 0.6 is 11.6 Å². The summed E-state index contributed by atoms with van der Waals surface area (Å²) in [6, 6.07) is 4.94. The first kappa shape index (κ1) is 10.7. The number of aliphatic carboxylic acids is 1. The molecule has 2 aromatic rings. The number of carboxylic acid groups (broad SMARTS) is 1. The lowest BCUT2D eigenvalue weighted by molar-refractivity contribution is -0.136. The highest BCUT2D eigenvalue weighted by Crippen LogP contribution is 2.18. The first-order chi connectivity index (χ1) is 7.59. The van der Waals surface area contributed by atoms with Gasteiger partial charge in [-0.25, -0.2) is 0 Å². The highest BCUT2D eigenvalue weighted by molar-refractivity contribution is 6.35. The Kier molecular flexibility index (Phi) is 2.66. The number of halogens is 1. The maximum atomic E-state index is 11.9. The van der Waals surface area contributed by atoms with Crippen LogP contribution in [0.3, 0.4) is 0 Å². The van der Waals surface area contributed by atoms with Crippen LogP contribution in [0.2, 0.25) is 5.02 Å². The van der Waals surface area contributed by atoms with Crippen LogP contribution in [0.4, 0.5) is 0 Å². The molecular weight excluding hydrogens is 230 g/mol. The maximum Gasteiger partial charge on any atom is 0.308 e. The molecule has 0 radical (unpaired) electrons. The van der Waals surface area contributed by atoms with Gasteiger partial charge in [0, 0.05) is 17.1 Å². The molecule has 0 aliphatic rings. The van der Waals surface area contributed by atoms with E-state index >= 15 is 0 Å². The number of aromatic nitrogens is 1. The van der Waals surface area contributed by atoms with Gasteiger partial charge < -0.3 is 10.1 Å². The van der Waals surface area contributed by atoms with E-state index < -0.39 is 5.97 Å². The summed E-state index contributed by atoms with van der Waals surface area (Å²) in [6.07, 6.45) is 1.10.